The number of aromatic hydroxyl groups is 1. The predicted molar refractivity (Wildman–Crippen MR) is 167 cm³/mol. The fourth-order valence-corrected chi connectivity index (χ4v) is 8.63. The van der Waals surface area contributed by atoms with Gasteiger partial charge in [-0.15, -0.1) is 0 Å². The van der Waals surface area contributed by atoms with Crippen molar-refractivity contribution in [3.63, 3.8) is 0 Å². The smallest absolute Gasteiger partial charge is 0.423 e. The van der Waals surface area contributed by atoms with Crippen LogP contribution in [0.15, 0.2) is 101 Å². The lowest BCUT2D eigenvalue weighted by Gasteiger charge is -2.55. The number of phenols is 1. The Morgan fingerprint density at radius 1 is 0.933 bits per heavy atom. The molecule has 2 fully saturated rings. The van der Waals surface area contributed by atoms with E-state index < -0.39 is 52.9 Å². The van der Waals surface area contributed by atoms with Gasteiger partial charge in [0.25, 0.3) is 0 Å². The van der Waals surface area contributed by atoms with Crippen LogP contribution in [0.5, 0.6) is 5.75 Å². The quantitative estimate of drug-likeness (QED) is 0.280. The van der Waals surface area contributed by atoms with Crippen molar-refractivity contribution in [2.24, 2.45) is 23.7 Å². The number of fused-ring (bicyclic) bond motifs is 4. The summed E-state index contributed by atoms with van der Waals surface area (Å²) in [6.07, 6.45) is 2.50. The molecule has 1 aliphatic heterocycles. The molecular weight excluding hydrogens is 638 g/mol. The van der Waals surface area contributed by atoms with E-state index in [1.165, 1.54) is 12.1 Å². The third-order valence-corrected chi connectivity index (χ3v) is 10.5. The number of ketones is 2. The van der Waals surface area contributed by atoms with Crippen molar-refractivity contribution >= 4 is 51.0 Å². The van der Waals surface area contributed by atoms with E-state index in [4.69, 9.17) is 4.74 Å². The van der Waals surface area contributed by atoms with Gasteiger partial charge < -0.3 is 9.84 Å². The highest BCUT2D eigenvalue weighted by Crippen LogP contribution is 2.64. The van der Waals surface area contributed by atoms with Crippen molar-refractivity contribution in [2.75, 3.05) is 7.11 Å². The molecular formula is C36H28BrNO7. The summed E-state index contributed by atoms with van der Waals surface area (Å²) in [4.78, 5) is 70.1. The molecule has 3 aromatic carbocycles. The largest absolute Gasteiger partial charge is 0.508 e. The van der Waals surface area contributed by atoms with Gasteiger partial charge in [0.15, 0.2) is 11.6 Å². The van der Waals surface area contributed by atoms with Crippen LogP contribution in [0.1, 0.15) is 35.4 Å². The van der Waals surface area contributed by atoms with E-state index in [0.29, 0.717) is 31.6 Å². The number of rotatable bonds is 3. The van der Waals surface area contributed by atoms with Gasteiger partial charge >= 0.3 is 6.09 Å². The van der Waals surface area contributed by atoms with Crippen molar-refractivity contribution in [1.82, 2.24) is 4.90 Å². The molecule has 226 valence electrons. The first-order valence-electron chi connectivity index (χ1n) is 14.8. The van der Waals surface area contributed by atoms with Gasteiger partial charge in [0, 0.05) is 27.4 Å². The monoisotopic (exact) mass is 665 g/mol. The molecule has 3 aromatic rings. The average molecular weight is 667 g/mol. The van der Waals surface area contributed by atoms with Crippen LogP contribution in [-0.2, 0) is 29.3 Å². The van der Waals surface area contributed by atoms with Crippen LogP contribution in [0.25, 0.3) is 5.57 Å². The van der Waals surface area contributed by atoms with Gasteiger partial charge in [-0.05, 0) is 54.2 Å². The van der Waals surface area contributed by atoms with Gasteiger partial charge in [0.2, 0.25) is 11.8 Å². The van der Waals surface area contributed by atoms with Crippen LogP contribution < -0.4 is 0 Å². The summed E-state index contributed by atoms with van der Waals surface area (Å²) in [5, 5.41) is 11.4. The number of allylic oxidation sites excluding steroid dienone is 4. The molecule has 6 atom stereocenters. The number of hydrogen-bond acceptors (Lipinski definition) is 7. The van der Waals surface area contributed by atoms with Gasteiger partial charge in [0.05, 0.1) is 24.4 Å². The number of carbonyl (C=O) groups excluding carboxylic acids is 5. The fourth-order valence-electron chi connectivity index (χ4n) is 8.25. The molecule has 1 saturated carbocycles. The molecule has 7 rings (SSSR count). The molecule has 9 heteroatoms. The van der Waals surface area contributed by atoms with Gasteiger partial charge in [0.1, 0.15) is 5.75 Å². The molecule has 1 N–H and O–H groups in total. The summed E-state index contributed by atoms with van der Waals surface area (Å²) in [6.45, 7) is 0. The fraction of sp³-hybridized carbons (Fsp3) is 0.250. The second-order valence-corrected chi connectivity index (χ2v) is 12.9. The van der Waals surface area contributed by atoms with Crippen molar-refractivity contribution in [3.05, 3.63) is 118 Å². The zero-order valence-electron chi connectivity index (χ0n) is 24.2. The minimum absolute atomic E-state index is 0.0657. The molecule has 0 bridgehead atoms. The van der Waals surface area contributed by atoms with Crippen LogP contribution in [0, 0.1) is 23.7 Å². The highest BCUT2D eigenvalue weighted by atomic mass is 79.9. The third kappa shape index (κ3) is 4.13. The molecule has 0 spiro atoms. The first-order chi connectivity index (χ1) is 21.7. The number of ether oxygens (including phenoxy) is 1. The first-order valence-corrected chi connectivity index (χ1v) is 15.5. The van der Waals surface area contributed by atoms with E-state index >= 15 is 0 Å². The van der Waals surface area contributed by atoms with E-state index in [0.717, 1.165) is 7.11 Å². The molecule has 0 aromatic heterocycles. The lowest BCUT2D eigenvalue weighted by Crippen LogP contribution is -2.58. The molecule has 6 unspecified atom stereocenters. The molecule has 8 nitrogen and oxygen atoms in total. The van der Waals surface area contributed by atoms with Crippen LogP contribution in [0.2, 0.25) is 0 Å². The van der Waals surface area contributed by atoms with Crippen LogP contribution in [-0.4, -0.2) is 46.6 Å². The minimum atomic E-state index is -1.46. The molecule has 1 saturated heterocycles. The highest BCUT2D eigenvalue weighted by molar-refractivity contribution is 9.10. The lowest BCUT2D eigenvalue weighted by molar-refractivity contribution is -0.138. The Balaban J connectivity index is 1.51. The Hall–Kier alpha value is -4.63. The maximum Gasteiger partial charge on any atom is 0.423 e. The van der Waals surface area contributed by atoms with Gasteiger partial charge in [-0.25, -0.2) is 4.79 Å². The molecule has 4 aliphatic rings. The maximum atomic E-state index is 14.9. The highest BCUT2D eigenvalue weighted by Gasteiger charge is 2.66. The van der Waals surface area contributed by atoms with Crippen LogP contribution in [0.3, 0.4) is 0 Å². The molecule has 0 radical (unpaired) electrons. The summed E-state index contributed by atoms with van der Waals surface area (Å²) >= 11 is 3.52. The Labute approximate surface area is 267 Å². The number of hydrogen-bond donors (Lipinski definition) is 1. The van der Waals surface area contributed by atoms with Crippen molar-refractivity contribution in [3.8, 4) is 5.75 Å². The summed E-state index contributed by atoms with van der Waals surface area (Å²) in [7, 11) is 1.11. The van der Waals surface area contributed by atoms with E-state index in [9.17, 15) is 29.1 Å². The topological polar surface area (TPSA) is 118 Å². The number of nitrogens with zero attached hydrogens (tertiary/aromatic N) is 1. The van der Waals surface area contributed by atoms with E-state index in [1.807, 2.05) is 42.5 Å². The normalized spacial score (nSPS) is 28.9. The standard InChI is InChI=1S/C36H28BrNO7/c1-45-35(44)38-33(42)23-14-13-22-25(30(23)34(38)43)17-27-32(41)24(19-8-4-2-5-9-19)18-29(40)36(27,20-10-6-3-7-11-20)31(22)26-16-21(37)12-15-28(26)39/h2-13,15-16,18,23,25,27,30-31,39H,14,17H2,1H3. The summed E-state index contributed by atoms with van der Waals surface area (Å²) in [5.74, 6) is -6.14. The van der Waals surface area contributed by atoms with E-state index in [1.54, 1.807) is 36.4 Å². The number of Topliss-reactive ketones (excluding diaryl/α,β-unsaturated/α-hetero) is 1. The van der Waals surface area contributed by atoms with Crippen molar-refractivity contribution < 1.29 is 33.8 Å². The number of methoxy groups -OCH3 is 1. The number of amides is 3. The predicted octanol–water partition coefficient (Wildman–Crippen LogP) is 5.75. The first kappa shape index (κ1) is 29.1. The van der Waals surface area contributed by atoms with E-state index in [2.05, 4.69) is 15.9 Å². The number of halogens is 1. The number of likely N-dealkylation sites (tertiary alicyclic amines) is 1. The van der Waals surface area contributed by atoms with Crippen LogP contribution in [0.4, 0.5) is 4.79 Å². The Morgan fingerprint density at radius 2 is 1.62 bits per heavy atom. The number of benzene rings is 3. The molecule has 3 amide bonds. The number of phenolic OH excluding ortho intramolecular Hbond substituents is 1. The average Bonchev–Trinajstić information content (AvgIpc) is 3.32. The summed E-state index contributed by atoms with van der Waals surface area (Å²) < 4.78 is 5.43. The zero-order valence-corrected chi connectivity index (χ0v) is 25.8. The molecule has 45 heavy (non-hydrogen) atoms. The molecule has 1 heterocycles. The van der Waals surface area contributed by atoms with Crippen LogP contribution >= 0.6 is 15.9 Å². The van der Waals surface area contributed by atoms with Gasteiger partial charge in [-0.3, -0.25) is 19.2 Å². The zero-order chi connectivity index (χ0) is 31.6. The Morgan fingerprint density at radius 3 is 2.31 bits per heavy atom. The summed E-state index contributed by atoms with van der Waals surface area (Å²) in [6, 6.07) is 23.1. The molecule has 3 aliphatic carbocycles. The summed E-state index contributed by atoms with van der Waals surface area (Å²) in [5.41, 5.74) is 1.15. The second kappa shape index (κ2) is 10.8. The number of imide groups is 3. The third-order valence-electron chi connectivity index (χ3n) is 10.0. The maximum absolute atomic E-state index is 14.9. The van der Waals surface area contributed by atoms with Crippen molar-refractivity contribution in [2.45, 2.75) is 24.2 Å². The van der Waals surface area contributed by atoms with Gasteiger partial charge in [-0.2, -0.15) is 4.90 Å². The van der Waals surface area contributed by atoms with Gasteiger partial charge in [-0.1, -0.05) is 88.2 Å². The SMILES string of the molecule is COC(=O)N1C(=O)C2CC=C3C(CC4C(=O)C(c5ccccc5)=CC(=O)C4(c4ccccc4)C3c3cc(Br)ccc3O)C2C1=O. The lowest BCUT2D eigenvalue weighted by atomic mass is 9.44. The Kier molecular flexibility index (Phi) is 6.96. The second-order valence-electron chi connectivity index (χ2n) is 12.0. The minimum Gasteiger partial charge on any atom is -0.508 e. The Bertz CT molecular complexity index is 1850. The number of carbonyl (C=O) groups is 5. The van der Waals surface area contributed by atoms with Crippen molar-refractivity contribution in [1.29, 1.82) is 0 Å². The van der Waals surface area contributed by atoms with E-state index in [-0.39, 0.29) is 35.7 Å².